The van der Waals surface area contributed by atoms with Crippen LogP contribution < -0.4 is 10.1 Å². The summed E-state index contributed by atoms with van der Waals surface area (Å²) in [5.74, 6) is 0.606. The minimum Gasteiger partial charge on any atom is -0.497 e. The highest BCUT2D eigenvalue weighted by Gasteiger charge is 2.19. The van der Waals surface area contributed by atoms with Crippen LogP contribution in [0, 0.1) is 0 Å². The second kappa shape index (κ2) is 7.17. The third kappa shape index (κ3) is 3.78. The maximum Gasteiger partial charge on any atom is 0.265 e. The van der Waals surface area contributed by atoms with Crippen molar-refractivity contribution in [2.24, 2.45) is 0 Å². The van der Waals surface area contributed by atoms with Gasteiger partial charge in [0.15, 0.2) is 0 Å². The van der Waals surface area contributed by atoms with Crippen molar-refractivity contribution in [3.63, 3.8) is 0 Å². The van der Waals surface area contributed by atoms with Crippen LogP contribution in [0.4, 0.5) is 0 Å². The fraction of sp³-hybridized carbons (Fsp3) is 0.400. The number of aromatic nitrogens is 2. The van der Waals surface area contributed by atoms with Crippen LogP contribution in [-0.4, -0.2) is 28.6 Å². The lowest BCUT2D eigenvalue weighted by Crippen LogP contribution is -2.32. The lowest BCUT2D eigenvalue weighted by atomic mass is 10.1. The molecule has 0 fully saturated rings. The average molecular weight is 305 g/mol. The largest absolute Gasteiger partial charge is 0.497 e. The van der Waals surface area contributed by atoms with Gasteiger partial charge >= 0.3 is 0 Å². The number of nitrogens with one attached hydrogen (secondary N) is 1. The Hall–Kier alpha value is -1.95. The summed E-state index contributed by atoms with van der Waals surface area (Å²) in [6.45, 7) is 4.10. The average Bonchev–Trinajstić information content (AvgIpc) is 2.97. The van der Waals surface area contributed by atoms with Gasteiger partial charge in [-0.25, -0.2) is 0 Å². The van der Waals surface area contributed by atoms with Crippen LogP contribution in [0.25, 0.3) is 11.3 Å². The Morgan fingerprint density at radius 3 is 3.00 bits per heavy atom. The molecule has 0 radical (unpaired) electrons. The van der Waals surface area contributed by atoms with Crippen molar-refractivity contribution in [2.75, 3.05) is 7.11 Å². The molecule has 2 aromatic rings. The molecule has 0 aliphatic rings. The van der Waals surface area contributed by atoms with Crippen molar-refractivity contribution in [3.8, 4) is 17.0 Å². The molecule has 1 atom stereocenters. The SMILES string of the molecule is CCC[C@H](C)NC(=O)c1snnc1-c1cccc(OC)c1. The van der Waals surface area contributed by atoms with E-state index in [4.69, 9.17) is 4.74 Å². The van der Waals surface area contributed by atoms with E-state index in [-0.39, 0.29) is 11.9 Å². The molecule has 0 bridgehead atoms. The van der Waals surface area contributed by atoms with Gasteiger partial charge in [0.25, 0.3) is 5.91 Å². The van der Waals surface area contributed by atoms with Crippen LogP contribution in [0.3, 0.4) is 0 Å². The van der Waals surface area contributed by atoms with Crippen LogP contribution in [0.5, 0.6) is 5.75 Å². The Morgan fingerprint density at radius 1 is 1.48 bits per heavy atom. The Kier molecular flexibility index (Phi) is 5.27. The molecule has 1 heterocycles. The molecule has 1 aromatic heterocycles. The maximum absolute atomic E-state index is 12.3. The van der Waals surface area contributed by atoms with Gasteiger partial charge in [0.05, 0.1) is 7.11 Å². The van der Waals surface area contributed by atoms with Gasteiger partial charge in [-0.15, -0.1) is 5.10 Å². The van der Waals surface area contributed by atoms with E-state index in [9.17, 15) is 4.79 Å². The number of methoxy groups -OCH3 is 1. The Morgan fingerprint density at radius 2 is 2.29 bits per heavy atom. The molecule has 6 heteroatoms. The normalized spacial score (nSPS) is 12.0. The van der Waals surface area contributed by atoms with E-state index in [1.54, 1.807) is 7.11 Å². The topological polar surface area (TPSA) is 64.1 Å². The molecular weight excluding hydrogens is 286 g/mol. The van der Waals surface area contributed by atoms with E-state index in [1.165, 1.54) is 0 Å². The minimum atomic E-state index is -0.122. The summed E-state index contributed by atoms with van der Waals surface area (Å²) in [5, 5.41) is 7.07. The number of ether oxygens (including phenoxy) is 1. The second-order valence-corrected chi connectivity index (χ2v) is 5.60. The quantitative estimate of drug-likeness (QED) is 0.890. The smallest absolute Gasteiger partial charge is 0.265 e. The molecule has 1 amide bonds. The lowest BCUT2D eigenvalue weighted by molar-refractivity contribution is 0.0943. The molecule has 0 aliphatic carbocycles. The van der Waals surface area contributed by atoms with Crippen molar-refractivity contribution in [1.29, 1.82) is 0 Å². The third-order valence-corrected chi connectivity index (χ3v) is 3.86. The highest BCUT2D eigenvalue weighted by molar-refractivity contribution is 7.08. The van der Waals surface area contributed by atoms with Gasteiger partial charge in [-0.2, -0.15) is 0 Å². The predicted octanol–water partition coefficient (Wildman–Crippen LogP) is 3.13. The molecule has 0 aliphatic heterocycles. The van der Waals surface area contributed by atoms with Crippen molar-refractivity contribution in [2.45, 2.75) is 32.7 Å². The summed E-state index contributed by atoms with van der Waals surface area (Å²) in [7, 11) is 1.61. The first-order valence-corrected chi connectivity index (χ1v) is 7.70. The molecule has 0 spiro atoms. The summed E-state index contributed by atoms with van der Waals surface area (Å²) in [6, 6.07) is 7.61. The van der Waals surface area contributed by atoms with E-state index >= 15 is 0 Å². The van der Waals surface area contributed by atoms with Gasteiger partial charge in [0.2, 0.25) is 0 Å². The van der Waals surface area contributed by atoms with Crippen LogP contribution in [0.1, 0.15) is 36.4 Å². The van der Waals surface area contributed by atoms with E-state index in [0.29, 0.717) is 10.6 Å². The second-order valence-electron chi connectivity index (χ2n) is 4.85. The summed E-state index contributed by atoms with van der Waals surface area (Å²) in [4.78, 5) is 12.9. The van der Waals surface area contributed by atoms with Gasteiger partial charge in [0.1, 0.15) is 16.3 Å². The highest BCUT2D eigenvalue weighted by Crippen LogP contribution is 2.27. The first kappa shape index (κ1) is 15.4. The Labute approximate surface area is 128 Å². The Bertz CT molecular complexity index is 612. The zero-order valence-corrected chi connectivity index (χ0v) is 13.2. The number of carbonyl (C=O) groups excluding carboxylic acids is 1. The first-order chi connectivity index (χ1) is 10.2. The molecule has 2 rings (SSSR count). The molecule has 1 aromatic carbocycles. The fourth-order valence-electron chi connectivity index (χ4n) is 2.09. The van der Waals surface area contributed by atoms with Gasteiger partial charge in [0, 0.05) is 11.6 Å². The summed E-state index contributed by atoms with van der Waals surface area (Å²) in [6.07, 6.45) is 1.98. The first-order valence-electron chi connectivity index (χ1n) is 6.93. The number of hydrogen-bond donors (Lipinski definition) is 1. The predicted molar refractivity (Wildman–Crippen MR) is 83.7 cm³/mol. The van der Waals surface area contributed by atoms with E-state index in [1.807, 2.05) is 31.2 Å². The van der Waals surface area contributed by atoms with Crippen molar-refractivity contribution >= 4 is 17.4 Å². The van der Waals surface area contributed by atoms with Gasteiger partial charge in [-0.05, 0) is 37.0 Å². The summed E-state index contributed by atoms with van der Waals surface area (Å²) >= 11 is 1.11. The van der Waals surface area contributed by atoms with E-state index in [2.05, 4.69) is 21.8 Å². The van der Waals surface area contributed by atoms with Crippen LogP contribution in [0.15, 0.2) is 24.3 Å². The standard InChI is InChI=1S/C15H19N3O2S/c1-4-6-10(2)16-15(19)14-13(17-18-21-14)11-7-5-8-12(9-11)20-3/h5,7-10H,4,6H2,1-3H3,(H,16,19)/t10-/m0/s1. The van der Waals surface area contributed by atoms with Crippen molar-refractivity contribution in [3.05, 3.63) is 29.1 Å². The summed E-state index contributed by atoms with van der Waals surface area (Å²) < 4.78 is 9.12. The zero-order chi connectivity index (χ0) is 15.2. The number of benzene rings is 1. The third-order valence-electron chi connectivity index (χ3n) is 3.14. The number of amides is 1. The number of carbonyl (C=O) groups is 1. The zero-order valence-electron chi connectivity index (χ0n) is 12.4. The van der Waals surface area contributed by atoms with Gasteiger partial charge in [-0.1, -0.05) is 30.0 Å². The van der Waals surface area contributed by atoms with Crippen molar-refractivity contribution in [1.82, 2.24) is 14.9 Å². The van der Waals surface area contributed by atoms with Gasteiger partial charge < -0.3 is 10.1 Å². The van der Waals surface area contributed by atoms with Gasteiger partial charge in [-0.3, -0.25) is 4.79 Å². The summed E-state index contributed by atoms with van der Waals surface area (Å²) in [5.41, 5.74) is 1.43. The molecule has 0 saturated carbocycles. The minimum absolute atomic E-state index is 0.122. The molecule has 0 saturated heterocycles. The molecule has 5 nitrogen and oxygen atoms in total. The molecule has 21 heavy (non-hydrogen) atoms. The maximum atomic E-state index is 12.3. The number of rotatable bonds is 6. The molecule has 0 unspecified atom stereocenters. The number of nitrogens with zero attached hydrogens (tertiary/aromatic N) is 2. The molecule has 1 N–H and O–H groups in total. The number of hydrogen-bond acceptors (Lipinski definition) is 5. The van der Waals surface area contributed by atoms with Crippen LogP contribution in [0.2, 0.25) is 0 Å². The highest BCUT2D eigenvalue weighted by atomic mass is 32.1. The van der Waals surface area contributed by atoms with E-state index < -0.39 is 0 Å². The fourth-order valence-corrected chi connectivity index (χ4v) is 2.68. The molecule has 112 valence electrons. The van der Waals surface area contributed by atoms with E-state index in [0.717, 1.165) is 35.7 Å². The lowest BCUT2D eigenvalue weighted by Gasteiger charge is -2.12. The monoisotopic (exact) mass is 305 g/mol. The van der Waals surface area contributed by atoms with Crippen LogP contribution >= 0.6 is 11.5 Å². The van der Waals surface area contributed by atoms with Crippen LogP contribution in [-0.2, 0) is 0 Å². The van der Waals surface area contributed by atoms with Crippen molar-refractivity contribution < 1.29 is 9.53 Å². The molecular formula is C15H19N3O2S. The Balaban J connectivity index is 2.23.